The molecule has 2 heterocycles. The summed E-state index contributed by atoms with van der Waals surface area (Å²) in [6.07, 6.45) is 8.49. The molecule has 3 rings (SSSR count). The van der Waals surface area contributed by atoms with Gasteiger partial charge in [0.2, 0.25) is 0 Å². The number of hydrogen-bond acceptors (Lipinski definition) is 3. The Morgan fingerprint density at radius 2 is 2.00 bits per heavy atom. The maximum Gasteiger partial charge on any atom is 0.110 e. The van der Waals surface area contributed by atoms with Gasteiger partial charge in [-0.25, -0.2) is 0 Å². The van der Waals surface area contributed by atoms with Crippen molar-refractivity contribution >= 4 is 20.6 Å². The summed E-state index contributed by atoms with van der Waals surface area (Å²) >= 11 is 3.40. The van der Waals surface area contributed by atoms with E-state index < -0.39 is 0 Å². The summed E-state index contributed by atoms with van der Waals surface area (Å²) in [5, 5.41) is 0. The van der Waals surface area contributed by atoms with Gasteiger partial charge in [0.05, 0.1) is 6.54 Å². The fraction of sp³-hybridized carbons (Fsp3) is 0.571. The number of aromatic nitrogens is 1. The third-order valence-corrected chi connectivity index (χ3v) is 4.12. The molecule has 0 saturated heterocycles. The Morgan fingerprint density at radius 3 is 2.56 bits per heavy atom. The predicted molar refractivity (Wildman–Crippen MR) is 79.2 cm³/mol. The van der Waals surface area contributed by atoms with Crippen molar-refractivity contribution in [2.45, 2.75) is 51.6 Å². The summed E-state index contributed by atoms with van der Waals surface area (Å²) in [6.45, 7) is 2.79. The molecule has 1 aliphatic carbocycles. The van der Waals surface area contributed by atoms with E-state index in [0.29, 0.717) is 6.04 Å². The highest BCUT2D eigenvalue weighted by atomic mass is 79.9. The van der Waals surface area contributed by atoms with Gasteiger partial charge in [0.25, 0.3) is 0 Å². The summed E-state index contributed by atoms with van der Waals surface area (Å²) in [4.78, 5) is 8.45. The van der Waals surface area contributed by atoms with E-state index in [-0.39, 0.29) is 0 Å². The second-order valence-electron chi connectivity index (χ2n) is 4.94. The van der Waals surface area contributed by atoms with Crippen LogP contribution in [0.1, 0.15) is 48.9 Å². The molecule has 2 N–H and O–H groups in total. The molecule has 18 heavy (non-hydrogen) atoms. The van der Waals surface area contributed by atoms with Crippen molar-refractivity contribution in [3.63, 3.8) is 0 Å². The van der Waals surface area contributed by atoms with Crippen LogP contribution in [0.2, 0.25) is 0 Å². The zero-order valence-corrected chi connectivity index (χ0v) is 12.4. The van der Waals surface area contributed by atoms with Gasteiger partial charge >= 0.3 is 0 Å². The average Bonchev–Trinajstić information content (AvgIpc) is 2.74. The lowest BCUT2D eigenvalue weighted by molar-refractivity contribution is 0.441. The Kier molecular flexibility index (Phi) is 4.89. The predicted octanol–water partition coefficient (Wildman–Crippen LogP) is 3.32. The van der Waals surface area contributed by atoms with Gasteiger partial charge in [-0.15, -0.1) is 0 Å². The molecule has 0 bridgehead atoms. The van der Waals surface area contributed by atoms with Crippen molar-refractivity contribution in [1.29, 1.82) is 0 Å². The Balaban J connectivity index is 0.000000149. The molecule has 4 heteroatoms. The molecule has 0 aromatic carbocycles. The van der Waals surface area contributed by atoms with Crippen LogP contribution in [0.15, 0.2) is 17.3 Å². The van der Waals surface area contributed by atoms with E-state index in [9.17, 15) is 0 Å². The standard InChI is InChI=1S/C8H7BrN2.C6H13N/c1-5-7-6(2-3-10-5)4-11-8(7)9;7-6-4-2-1-3-5-6/h2-3H,4H2,1H3;6H,1-5,7H2. The lowest BCUT2D eigenvalue weighted by atomic mass is 9.97. The molecular weight excluding hydrogens is 290 g/mol. The van der Waals surface area contributed by atoms with Crippen molar-refractivity contribution in [1.82, 2.24) is 4.98 Å². The number of fused-ring (bicyclic) bond motifs is 1. The Bertz CT molecular complexity index is 437. The van der Waals surface area contributed by atoms with E-state index in [0.717, 1.165) is 16.9 Å². The van der Waals surface area contributed by atoms with Crippen molar-refractivity contribution in [2.24, 2.45) is 10.7 Å². The molecule has 1 aromatic heterocycles. The van der Waals surface area contributed by atoms with E-state index >= 15 is 0 Å². The number of nitrogens with zero attached hydrogens (tertiary/aromatic N) is 2. The smallest absolute Gasteiger partial charge is 0.110 e. The van der Waals surface area contributed by atoms with Crippen molar-refractivity contribution in [3.05, 3.63) is 29.1 Å². The maximum atomic E-state index is 5.63. The number of nitrogens with two attached hydrogens (primary N) is 1. The van der Waals surface area contributed by atoms with Gasteiger partial charge in [-0.2, -0.15) is 0 Å². The van der Waals surface area contributed by atoms with E-state index in [1.165, 1.54) is 43.2 Å². The number of rotatable bonds is 0. The average molecular weight is 310 g/mol. The summed E-state index contributed by atoms with van der Waals surface area (Å²) in [5.41, 5.74) is 9.13. The van der Waals surface area contributed by atoms with Gasteiger partial charge in [0, 0.05) is 23.5 Å². The third-order valence-electron chi connectivity index (χ3n) is 3.47. The zero-order valence-electron chi connectivity index (χ0n) is 10.8. The minimum Gasteiger partial charge on any atom is -0.328 e. The zero-order chi connectivity index (χ0) is 13.0. The summed E-state index contributed by atoms with van der Waals surface area (Å²) in [6, 6.07) is 2.55. The lowest BCUT2D eigenvalue weighted by Gasteiger charge is -2.15. The SMILES string of the molecule is Cc1nccc2c1C(Br)=NC2.NC1CCCCC1. The Morgan fingerprint density at radius 1 is 1.28 bits per heavy atom. The van der Waals surface area contributed by atoms with Crippen LogP contribution < -0.4 is 5.73 Å². The first-order valence-electron chi connectivity index (χ1n) is 6.59. The molecule has 1 aliphatic heterocycles. The molecule has 0 spiro atoms. The van der Waals surface area contributed by atoms with Crippen molar-refractivity contribution < 1.29 is 0 Å². The van der Waals surface area contributed by atoms with Crippen LogP contribution in [0, 0.1) is 6.92 Å². The quantitative estimate of drug-likeness (QED) is 0.799. The first-order chi connectivity index (χ1) is 8.68. The largest absolute Gasteiger partial charge is 0.328 e. The van der Waals surface area contributed by atoms with Gasteiger partial charge < -0.3 is 5.73 Å². The maximum absolute atomic E-state index is 5.63. The second kappa shape index (κ2) is 6.43. The van der Waals surface area contributed by atoms with Crippen LogP contribution in [0.25, 0.3) is 0 Å². The molecule has 98 valence electrons. The fourth-order valence-corrected chi connectivity index (χ4v) is 3.07. The highest BCUT2D eigenvalue weighted by Crippen LogP contribution is 2.23. The molecular formula is C14H20BrN3. The second-order valence-corrected chi connectivity index (χ2v) is 5.69. The van der Waals surface area contributed by atoms with E-state index in [1.807, 2.05) is 19.2 Å². The molecule has 1 fully saturated rings. The topological polar surface area (TPSA) is 51.3 Å². The number of pyridine rings is 1. The molecule has 1 aromatic rings. The summed E-state index contributed by atoms with van der Waals surface area (Å²) < 4.78 is 0.943. The van der Waals surface area contributed by atoms with Crippen LogP contribution in [-0.2, 0) is 6.54 Å². The highest BCUT2D eigenvalue weighted by molar-refractivity contribution is 9.18. The van der Waals surface area contributed by atoms with Crippen LogP contribution >= 0.6 is 15.9 Å². The van der Waals surface area contributed by atoms with E-state index in [1.54, 1.807) is 0 Å². The Labute approximate surface area is 117 Å². The molecule has 1 saturated carbocycles. The van der Waals surface area contributed by atoms with Crippen LogP contribution in [0.4, 0.5) is 0 Å². The minimum atomic E-state index is 0.536. The minimum absolute atomic E-state index is 0.536. The van der Waals surface area contributed by atoms with Gasteiger partial charge in [0.15, 0.2) is 0 Å². The van der Waals surface area contributed by atoms with Crippen LogP contribution in [0.3, 0.4) is 0 Å². The van der Waals surface area contributed by atoms with Crippen molar-refractivity contribution in [2.75, 3.05) is 0 Å². The van der Waals surface area contributed by atoms with Gasteiger partial charge in [0.1, 0.15) is 4.62 Å². The number of hydrogen-bond donors (Lipinski definition) is 1. The molecule has 0 unspecified atom stereocenters. The fourth-order valence-electron chi connectivity index (χ4n) is 2.40. The van der Waals surface area contributed by atoms with Gasteiger partial charge in [-0.05, 0) is 47.3 Å². The van der Waals surface area contributed by atoms with Crippen molar-refractivity contribution in [3.8, 4) is 0 Å². The molecule has 0 atom stereocenters. The highest BCUT2D eigenvalue weighted by Gasteiger charge is 2.15. The van der Waals surface area contributed by atoms with Crippen LogP contribution in [-0.4, -0.2) is 15.6 Å². The summed E-state index contributed by atoms with van der Waals surface area (Å²) in [5.74, 6) is 0. The van der Waals surface area contributed by atoms with Gasteiger partial charge in [-0.1, -0.05) is 19.3 Å². The van der Waals surface area contributed by atoms with Gasteiger partial charge in [-0.3, -0.25) is 9.98 Å². The first kappa shape index (κ1) is 13.7. The number of aryl methyl sites for hydroxylation is 1. The Hall–Kier alpha value is -0.740. The normalized spacial score (nSPS) is 18.7. The first-order valence-corrected chi connectivity index (χ1v) is 7.38. The number of halogens is 1. The van der Waals surface area contributed by atoms with Crippen LogP contribution in [0.5, 0.6) is 0 Å². The molecule has 2 aliphatic rings. The lowest BCUT2D eigenvalue weighted by Crippen LogP contribution is -2.22. The third kappa shape index (κ3) is 3.39. The molecule has 0 radical (unpaired) electrons. The van der Waals surface area contributed by atoms with E-state index in [4.69, 9.17) is 5.73 Å². The number of aliphatic imine (C=N–C) groups is 1. The monoisotopic (exact) mass is 309 g/mol. The summed E-state index contributed by atoms with van der Waals surface area (Å²) in [7, 11) is 0. The van der Waals surface area contributed by atoms with E-state index in [2.05, 4.69) is 25.9 Å². The molecule has 0 amide bonds. The molecule has 3 nitrogen and oxygen atoms in total.